The number of amides is 1. The summed E-state index contributed by atoms with van der Waals surface area (Å²) in [4.78, 5) is 13.8. The van der Waals surface area contributed by atoms with E-state index in [-0.39, 0.29) is 5.91 Å². The zero-order valence-electron chi connectivity index (χ0n) is 8.57. The average molecular weight is 273 g/mol. The van der Waals surface area contributed by atoms with Gasteiger partial charge < -0.3 is 14.2 Å². The van der Waals surface area contributed by atoms with Gasteiger partial charge in [0.25, 0.3) is 5.91 Å². The Morgan fingerprint density at radius 2 is 2.47 bits per heavy atom. The van der Waals surface area contributed by atoms with Gasteiger partial charge in [-0.05, 0) is 28.9 Å². The quantitative estimate of drug-likeness (QED) is 0.822. The number of hydrogen-bond donors (Lipinski definition) is 0. The fourth-order valence-electron chi connectivity index (χ4n) is 1.65. The minimum Gasteiger partial charge on any atom is -0.359 e. The van der Waals surface area contributed by atoms with Crippen LogP contribution in [0.1, 0.15) is 17.4 Å². The van der Waals surface area contributed by atoms with Crippen molar-refractivity contribution in [2.75, 3.05) is 19.9 Å². The Bertz CT molecular complexity index is 369. The van der Waals surface area contributed by atoms with Gasteiger partial charge in [-0.15, -0.1) is 0 Å². The van der Waals surface area contributed by atoms with E-state index in [1.807, 2.05) is 23.8 Å². The predicted molar refractivity (Wildman–Crippen MR) is 59.7 cm³/mol. The second-order valence-corrected chi connectivity index (χ2v) is 4.35. The fourth-order valence-corrected chi connectivity index (χ4v) is 2.12. The lowest BCUT2D eigenvalue weighted by molar-refractivity contribution is 0.0684. The molecule has 2 heterocycles. The molecule has 1 amide bonds. The number of aryl methyl sites for hydroxylation is 1. The highest BCUT2D eigenvalue weighted by Crippen LogP contribution is 2.17. The van der Waals surface area contributed by atoms with Crippen molar-refractivity contribution in [3.63, 3.8) is 0 Å². The topological polar surface area (TPSA) is 34.5 Å². The highest BCUT2D eigenvalue weighted by atomic mass is 79.9. The third-order valence-corrected chi connectivity index (χ3v) is 2.90. The molecular weight excluding hydrogens is 260 g/mol. The maximum absolute atomic E-state index is 12.0. The molecule has 1 fully saturated rings. The van der Waals surface area contributed by atoms with E-state index >= 15 is 0 Å². The Balaban J connectivity index is 2.23. The number of carbonyl (C=O) groups excluding carboxylic acids is 1. The molecule has 0 atom stereocenters. The second-order valence-electron chi connectivity index (χ2n) is 3.44. The maximum Gasteiger partial charge on any atom is 0.272 e. The van der Waals surface area contributed by atoms with Crippen LogP contribution in [0, 0.1) is 0 Å². The molecule has 0 radical (unpaired) electrons. The van der Waals surface area contributed by atoms with E-state index < -0.39 is 0 Å². The zero-order chi connectivity index (χ0) is 10.8. The van der Waals surface area contributed by atoms with Crippen molar-refractivity contribution in [1.29, 1.82) is 0 Å². The molecule has 2 rings (SSSR count). The van der Waals surface area contributed by atoms with Gasteiger partial charge in [0.05, 0.1) is 6.61 Å². The third-order valence-electron chi connectivity index (χ3n) is 2.46. The number of hydrogen-bond acceptors (Lipinski definition) is 2. The molecule has 1 aliphatic heterocycles. The molecule has 4 nitrogen and oxygen atoms in total. The van der Waals surface area contributed by atoms with Gasteiger partial charge in [0.1, 0.15) is 12.4 Å². The summed E-state index contributed by atoms with van der Waals surface area (Å²) in [5, 5.41) is 0. The van der Waals surface area contributed by atoms with Gasteiger partial charge in [0.2, 0.25) is 0 Å². The molecule has 0 spiro atoms. The van der Waals surface area contributed by atoms with E-state index in [4.69, 9.17) is 4.74 Å². The van der Waals surface area contributed by atoms with E-state index in [0.717, 1.165) is 16.7 Å². The van der Waals surface area contributed by atoms with E-state index in [0.29, 0.717) is 19.9 Å². The fraction of sp³-hybridized carbons (Fsp3) is 0.500. The highest BCUT2D eigenvalue weighted by Gasteiger charge is 2.22. The summed E-state index contributed by atoms with van der Waals surface area (Å²) < 4.78 is 8.04. The van der Waals surface area contributed by atoms with Crippen LogP contribution in [0.4, 0.5) is 0 Å². The first-order valence-corrected chi connectivity index (χ1v) is 5.74. The number of rotatable bonds is 2. The smallest absolute Gasteiger partial charge is 0.272 e. The lowest BCUT2D eigenvalue weighted by Crippen LogP contribution is -2.29. The summed E-state index contributed by atoms with van der Waals surface area (Å²) in [6.07, 6.45) is 1.92. The Labute approximate surface area is 96.9 Å². The summed E-state index contributed by atoms with van der Waals surface area (Å²) in [5.41, 5.74) is 0.717. The van der Waals surface area contributed by atoms with Crippen molar-refractivity contribution in [3.05, 3.63) is 22.4 Å². The van der Waals surface area contributed by atoms with Crippen LogP contribution in [0.3, 0.4) is 0 Å². The normalized spacial score (nSPS) is 16.0. The minimum absolute atomic E-state index is 0.0417. The zero-order valence-corrected chi connectivity index (χ0v) is 10.2. The van der Waals surface area contributed by atoms with Crippen LogP contribution in [-0.2, 0) is 11.3 Å². The van der Waals surface area contributed by atoms with Crippen molar-refractivity contribution in [3.8, 4) is 0 Å². The molecule has 1 aromatic heterocycles. The minimum atomic E-state index is 0.0417. The first-order valence-electron chi connectivity index (χ1n) is 4.95. The van der Waals surface area contributed by atoms with Gasteiger partial charge in [0.15, 0.2) is 0 Å². The van der Waals surface area contributed by atoms with Crippen LogP contribution in [0.2, 0.25) is 0 Å². The van der Waals surface area contributed by atoms with Crippen molar-refractivity contribution in [2.24, 2.45) is 0 Å². The standard InChI is InChI=1S/C10H13BrN2O2/c1-2-12-6-8(11)5-9(12)10(14)13-3-4-15-7-13/h5-6H,2-4,7H2,1H3. The molecule has 0 unspecified atom stereocenters. The highest BCUT2D eigenvalue weighted by molar-refractivity contribution is 9.10. The SMILES string of the molecule is CCn1cc(Br)cc1C(=O)N1CCOC1. The summed E-state index contributed by atoms with van der Waals surface area (Å²) in [6.45, 7) is 4.54. The third kappa shape index (κ3) is 2.08. The van der Waals surface area contributed by atoms with Gasteiger partial charge in [-0.3, -0.25) is 4.79 Å². The number of ether oxygens (including phenoxy) is 1. The Kier molecular flexibility index (Phi) is 3.11. The summed E-state index contributed by atoms with van der Waals surface area (Å²) in [7, 11) is 0. The Morgan fingerprint density at radius 1 is 1.67 bits per heavy atom. The number of carbonyl (C=O) groups is 1. The first kappa shape index (κ1) is 10.7. The predicted octanol–water partition coefficient (Wildman–Crippen LogP) is 1.70. The molecule has 1 aliphatic rings. The molecule has 0 bridgehead atoms. The molecule has 1 saturated heterocycles. The molecule has 1 aromatic rings. The van der Waals surface area contributed by atoms with Crippen LogP contribution in [0.15, 0.2) is 16.7 Å². The van der Waals surface area contributed by atoms with E-state index in [1.54, 1.807) is 4.90 Å². The van der Waals surface area contributed by atoms with Gasteiger partial charge in [0, 0.05) is 23.8 Å². The Morgan fingerprint density at radius 3 is 3.07 bits per heavy atom. The van der Waals surface area contributed by atoms with Crippen LogP contribution < -0.4 is 0 Å². The van der Waals surface area contributed by atoms with E-state index in [2.05, 4.69) is 15.9 Å². The molecule has 0 saturated carbocycles. The molecule has 82 valence electrons. The van der Waals surface area contributed by atoms with Crippen molar-refractivity contribution >= 4 is 21.8 Å². The lowest BCUT2D eigenvalue weighted by Gasteiger charge is -2.14. The summed E-state index contributed by atoms with van der Waals surface area (Å²) >= 11 is 3.38. The van der Waals surface area contributed by atoms with E-state index in [9.17, 15) is 4.79 Å². The molecule has 15 heavy (non-hydrogen) atoms. The summed E-state index contributed by atoms with van der Waals surface area (Å²) in [5.74, 6) is 0.0417. The average Bonchev–Trinajstić information content (AvgIpc) is 2.84. The van der Waals surface area contributed by atoms with Gasteiger partial charge in [-0.1, -0.05) is 0 Å². The molecule has 5 heteroatoms. The van der Waals surface area contributed by atoms with Gasteiger partial charge in [-0.2, -0.15) is 0 Å². The van der Waals surface area contributed by atoms with Crippen molar-refractivity contribution < 1.29 is 9.53 Å². The van der Waals surface area contributed by atoms with Crippen LogP contribution in [-0.4, -0.2) is 35.3 Å². The largest absolute Gasteiger partial charge is 0.359 e. The van der Waals surface area contributed by atoms with Crippen molar-refractivity contribution in [2.45, 2.75) is 13.5 Å². The first-order chi connectivity index (χ1) is 7.22. The van der Waals surface area contributed by atoms with Gasteiger partial charge >= 0.3 is 0 Å². The van der Waals surface area contributed by atoms with Crippen LogP contribution in [0.5, 0.6) is 0 Å². The van der Waals surface area contributed by atoms with Crippen LogP contribution in [0.25, 0.3) is 0 Å². The second kappa shape index (κ2) is 4.37. The number of nitrogens with zero attached hydrogens (tertiary/aromatic N) is 2. The van der Waals surface area contributed by atoms with Gasteiger partial charge in [-0.25, -0.2) is 0 Å². The van der Waals surface area contributed by atoms with Crippen molar-refractivity contribution in [1.82, 2.24) is 9.47 Å². The summed E-state index contributed by atoms with van der Waals surface area (Å²) in [6, 6.07) is 1.85. The molecular formula is C10H13BrN2O2. The Hall–Kier alpha value is -0.810. The van der Waals surface area contributed by atoms with E-state index in [1.165, 1.54) is 0 Å². The number of halogens is 1. The molecule has 0 N–H and O–H groups in total. The molecule has 0 aromatic carbocycles. The number of aromatic nitrogens is 1. The maximum atomic E-state index is 12.0. The lowest BCUT2D eigenvalue weighted by atomic mass is 10.3. The van der Waals surface area contributed by atoms with Crippen LogP contribution >= 0.6 is 15.9 Å². The monoisotopic (exact) mass is 272 g/mol. The molecule has 0 aliphatic carbocycles.